The molecule has 0 spiro atoms. The van der Waals surface area contributed by atoms with Gasteiger partial charge in [0.05, 0.1) is 18.8 Å². The summed E-state index contributed by atoms with van der Waals surface area (Å²) in [6, 6.07) is 12.8. The van der Waals surface area contributed by atoms with E-state index in [0.29, 0.717) is 17.8 Å². The van der Waals surface area contributed by atoms with E-state index in [4.69, 9.17) is 4.74 Å². The third kappa shape index (κ3) is 6.24. The number of amides is 3. The van der Waals surface area contributed by atoms with Gasteiger partial charge in [0.15, 0.2) is 0 Å². The lowest BCUT2D eigenvalue weighted by molar-refractivity contribution is 0.0383. The zero-order valence-corrected chi connectivity index (χ0v) is 19.2. The Morgan fingerprint density at radius 1 is 0.970 bits per heavy atom. The summed E-state index contributed by atoms with van der Waals surface area (Å²) in [6.07, 6.45) is 2.24. The molecule has 4 rings (SSSR count). The van der Waals surface area contributed by atoms with Gasteiger partial charge in [0.2, 0.25) is 0 Å². The fourth-order valence-electron chi connectivity index (χ4n) is 4.27. The van der Waals surface area contributed by atoms with Gasteiger partial charge in [-0.3, -0.25) is 9.69 Å². The van der Waals surface area contributed by atoms with E-state index in [1.165, 1.54) is 0 Å². The van der Waals surface area contributed by atoms with Gasteiger partial charge in [-0.15, -0.1) is 0 Å². The molecule has 33 heavy (non-hydrogen) atoms. The van der Waals surface area contributed by atoms with Crippen LogP contribution in [0.3, 0.4) is 0 Å². The van der Waals surface area contributed by atoms with Gasteiger partial charge in [-0.05, 0) is 49.6 Å². The Balaban J connectivity index is 1.43. The Morgan fingerprint density at radius 3 is 2.48 bits per heavy atom. The Morgan fingerprint density at radius 2 is 1.73 bits per heavy atom. The Hall–Kier alpha value is -3.10. The lowest BCUT2D eigenvalue weighted by atomic mass is 10.1. The summed E-state index contributed by atoms with van der Waals surface area (Å²) in [7, 11) is 0. The van der Waals surface area contributed by atoms with Gasteiger partial charge in [0.25, 0.3) is 5.91 Å². The predicted octanol–water partition coefficient (Wildman–Crippen LogP) is 3.30. The molecule has 176 valence electrons. The van der Waals surface area contributed by atoms with Crippen LogP contribution in [0.15, 0.2) is 42.5 Å². The molecule has 2 fully saturated rings. The zero-order valence-electron chi connectivity index (χ0n) is 19.2. The van der Waals surface area contributed by atoms with E-state index in [1.54, 1.807) is 6.07 Å². The average molecular weight is 452 g/mol. The van der Waals surface area contributed by atoms with E-state index < -0.39 is 0 Å². The molecule has 0 aliphatic carbocycles. The van der Waals surface area contributed by atoms with E-state index in [9.17, 15) is 9.59 Å². The molecule has 2 saturated heterocycles. The number of hydrogen-bond acceptors (Lipinski definition) is 5. The van der Waals surface area contributed by atoms with Crippen molar-refractivity contribution in [2.45, 2.75) is 19.8 Å². The number of urea groups is 1. The standard InChI is InChI=1S/C25H33N5O3/c1-19-6-2-3-7-22(19)28-25(32)27-20-8-9-23(30-11-4-5-12-30)21(18-20)24(31)26-10-13-29-14-16-33-17-15-29/h2-3,6-9,18H,4-5,10-17H2,1H3,(H,26,31)(H2,27,28,32). The molecule has 8 nitrogen and oxygen atoms in total. The monoisotopic (exact) mass is 451 g/mol. The van der Waals surface area contributed by atoms with Crippen molar-refractivity contribution in [1.82, 2.24) is 10.2 Å². The van der Waals surface area contributed by atoms with Crippen LogP contribution in [0.1, 0.15) is 28.8 Å². The van der Waals surface area contributed by atoms with E-state index in [2.05, 4.69) is 25.8 Å². The molecule has 0 bridgehead atoms. The van der Waals surface area contributed by atoms with Gasteiger partial charge >= 0.3 is 6.03 Å². The number of hydrogen-bond donors (Lipinski definition) is 3. The number of ether oxygens (including phenoxy) is 1. The van der Waals surface area contributed by atoms with Crippen molar-refractivity contribution in [3.8, 4) is 0 Å². The lowest BCUT2D eigenvalue weighted by Crippen LogP contribution is -2.41. The number of anilines is 3. The SMILES string of the molecule is Cc1ccccc1NC(=O)Nc1ccc(N2CCCC2)c(C(=O)NCCN2CCOCC2)c1. The minimum absolute atomic E-state index is 0.117. The first-order chi connectivity index (χ1) is 16.1. The van der Waals surface area contributed by atoms with Crippen molar-refractivity contribution in [3.63, 3.8) is 0 Å². The molecule has 2 aliphatic heterocycles. The van der Waals surface area contributed by atoms with Crippen molar-refractivity contribution in [3.05, 3.63) is 53.6 Å². The number of rotatable bonds is 7. The maximum Gasteiger partial charge on any atom is 0.323 e. The fourth-order valence-corrected chi connectivity index (χ4v) is 4.27. The molecule has 2 aliphatic rings. The van der Waals surface area contributed by atoms with Crippen molar-refractivity contribution >= 4 is 29.0 Å². The average Bonchev–Trinajstić information content (AvgIpc) is 3.36. The van der Waals surface area contributed by atoms with E-state index >= 15 is 0 Å². The second-order valence-corrected chi connectivity index (χ2v) is 8.53. The van der Waals surface area contributed by atoms with Crippen LogP contribution < -0.4 is 20.9 Å². The molecule has 3 N–H and O–H groups in total. The second kappa shape index (κ2) is 11.2. The first-order valence-electron chi connectivity index (χ1n) is 11.7. The highest BCUT2D eigenvalue weighted by molar-refractivity contribution is 6.04. The molecule has 2 heterocycles. The summed E-state index contributed by atoms with van der Waals surface area (Å²) in [5.74, 6) is -0.117. The van der Waals surface area contributed by atoms with Gasteiger partial charge in [-0.1, -0.05) is 18.2 Å². The smallest absolute Gasteiger partial charge is 0.323 e. The summed E-state index contributed by atoms with van der Waals surface area (Å²) in [4.78, 5) is 30.2. The van der Waals surface area contributed by atoms with Gasteiger partial charge < -0.3 is 25.6 Å². The second-order valence-electron chi connectivity index (χ2n) is 8.53. The largest absolute Gasteiger partial charge is 0.379 e. The van der Waals surface area contributed by atoms with Crippen LogP contribution in [0.4, 0.5) is 21.9 Å². The first kappa shape index (κ1) is 23.1. The highest BCUT2D eigenvalue weighted by atomic mass is 16.5. The highest BCUT2D eigenvalue weighted by Gasteiger charge is 2.21. The van der Waals surface area contributed by atoms with E-state index in [0.717, 1.165) is 75.7 Å². The number of carbonyl (C=O) groups excluding carboxylic acids is 2. The normalized spacial score (nSPS) is 16.5. The van der Waals surface area contributed by atoms with Crippen LogP contribution in [-0.2, 0) is 4.74 Å². The van der Waals surface area contributed by atoms with Crippen molar-refractivity contribution in [2.24, 2.45) is 0 Å². The number of para-hydroxylation sites is 1. The lowest BCUT2D eigenvalue weighted by Gasteiger charge is -2.26. The maximum absolute atomic E-state index is 13.1. The van der Waals surface area contributed by atoms with Gasteiger partial charge in [-0.25, -0.2) is 4.79 Å². The maximum atomic E-state index is 13.1. The molecule has 0 saturated carbocycles. The third-order valence-electron chi connectivity index (χ3n) is 6.16. The van der Waals surface area contributed by atoms with Gasteiger partial charge in [0.1, 0.15) is 0 Å². The molecule has 8 heteroatoms. The van der Waals surface area contributed by atoms with Gasteiger partial charge in [-0.2, -0.15) is 0 Å². The van der Waals surface area contributed by atoms with Crippen LogP contribution in [-0.4, -0.2) is 69.3 Å². The molecule has 0 unspecified atom stereocenters. The van der Waals surface area contributed by atoms with Crippen molar-refractivity contribution < 1.29 is 14.3 Å². The third-order valence-corrected chi connectivity index (χ3v) is 6.16. The highest BCUT2D eigenvalue weighted by Crippen LogP contribution is 2.28. The zero-order chi connectivity index (χ0) is 23.0. The summed E-state index contributed by atoms with van der Waals surface area (Å²) >= 11 is 0. The van der Waals surface area contributed by atoms with Crippen LogP contribution in [0.25, 0.3) is 0 Å². The topological polar surface area (TPSA) is 85.9 Å². The Kier molecular flexibility index (Phi) is 7.80. The Bertz CT molecular complexity index is 968. The quantitative estimate of drug-likeness (QED) is 0.601. The molecule has 0 radical (unpaired) electrons. The summed E-state index contributed by atoms with van der Waals surface area (Å²) in [5, 5.41) is 8.80. The Labute approximate surface area is 195 Å². The van der Waals surface area contributed by atoms with Crippen LogP contribution in [0.2, 0.25) is 0 Å². The molecular formula is C25H33N5O3. The van der Waals surface area contributed by atoms with Crippen molar-refractivity contribution in [2.75, 3.05) is 68.0 Å². The number of benzene rings is 2. The molecular weight excluding hydrogens is 418 g/mol. The fraction of sp³-hybridized carbons (Fsp3) is 0.440. The molecule has 0 atom stereocenters. The number of aryl methyl sites for hydroxylation is 1. The molecule has 0 aromatic heterocycles. The minimum atomic E-state index is -0.336. The summed E-state index contributed by atoms with van der Waals surface area (Å²) < 4.78 is 5.38. The number of carbonyl (C=O) groups is 2. The summed E-state index contributed by atoms with van der Waals surface area (Å²) in [6.45, 7) is 8.46. The van der Waals surface area contributed by atoms with E-state index in [1.807, 2.05) is 43.3 Å². The van der Waals surface area contributed by atoms with E-state index in [-0.39, 0.29) is 11.9 Å². The number of morpholine rings is 1. The summed E-state index contributed by atoms with van der Waals surface area (Å²) in [5.41, 5.74) is 3.83. The molecule has 3 amide bonds. The number of nitrogens with zero attached hydrogens (tertiary/aromatic N) is 2. The number of nitrogens with one attached hydrogen (secondary N) is 3. The van der Waals surface area contributed by atoms with Crippen molar-refractivity contribution in [1.29, 1.82) is 0 Å². The minimum Gasteiger partial charge on any atom is -0.379 e. The van der Waals surface area contributed by atoms with Crippen LogP contribution in [0, 0.1) is 6.92 Å². The predicted molar refractivity (Wildman–Crippen MR) is 131 cm³/mol. The first-order valence-corrected chi connectivity index (χ1v) is 11.7. The van der Waals surface area contributed by atoms with Crippen LogP contribution in [0.5, 0.6) is 0 Å². The molecule has 2 aromatic carbocycles. The molecule has 2 aromatic rings. The van der Waals surface area contributed by atoms with Gasteiger partial charge in [0, 0.05) is 56.3 Å². The van der Waals surface area contributed by atoms with Crippen LogP contribution >= 0.6 is 0 Å².